The van der Waals surface area contributed by atoms with Crippen LogP contribution < -0.4 is 0 Å². The van der Waals surface area contributed by atoms with E-state index < -0.39 is 5.82 Å². The highest BCUT2D eigenvalue weighted by Gasteiger charge is 2.09. The number of halogens is 1. The number of nitrogens with zero attached hydrogens (tertiary/aromatic N) is 4. The van der Waals surface area contributed by atoms with Crippen LogP contribution in [0, 0.1) is 39.8 Å². The number of hydrogen-bond acceptors (Lipinski definition) is 4. The van der Waals surface area contributed by atoms with E-state index in [1.165, 1.54) is 23.1 Å². The van der Waals surface area contributed by atoms with Crippen LogP contribution in [0.1, 0.15) is 11.1 Å². The molecular weight excluding hydrogens is 219 g/mol. The van der Waals surface area contributed by atoms with Crippen molar-refractivity contribution in [2.24, 2.45) is 0 Å². The monoisotopic (exact) mass is 228 g/mol. The van der Waals surface area contributed by atoms with Crippen molar-refractivity contribution < 1.29 is 4.39 Å². The Hall–Kier alpha value is -2.42. The summed E-state index contributed by atoms with van der Waals surface area (Å²) in [6, 6.07) is 9.65. The van der Waals surface area contributed by atoms with Crippen LogP contribution in [0.2, 0.25) is 0 Å². The minimum absolute atomic E-state index is 0.0644. The summed E-state index contributed by atoms with van der Waals surface area (Å²) in [4.78, 5) is 1.54. The molecule has 0 amide bonds. The van der Waals surface area contributed by atoms with Gasteiger partial charge in [-0.1, -0.05) is 0 Å². The van der Waals surface area contributed by atoms with E-state index in [0.29, 0.717) is 11.1 Å². The van der Waals surface area contributed by atoms with Gasteiger partial charge in [-0.2, -0.15) is 15.8 Å². The Morgan fingerprint density at radius 3 is 2.29 bits per heavy atom. The molecule has 0 saturated heterocycles. The molecule has 1 rings (SSSR count). The number of nitriles is 3. The third-order valence-corrected chi connectivity index (χ3v) is 2.17. The molecule has 1 aromatic rings. The lowest BCUT2D eigenvalue weighted by atomic mass is 10.1. The topological polar surface area (TPSA) is 74.6 Å². The van der Waals surface area contributed by atoms with Crippen molar-refractivity contribution >= 4 is 0 Å². The van der Waals surface area contributed by atoms with Crippen molar-refractivity contribution in [3.05, 3.63) is 35.1 Å². The van der Waals surface area contributed by atoms with Crippen molar-refractivity contribution in [2.75, 3.05) is 13.1 Å². The van der Waals surface area contributed by atoms with Crippen molar-refractivity contribution in [3.63, 3.8) is 0 Å². The first kappa shape index (κ1) is 12.6. The predicted molar refractivity (Wildman–Crippen MR) is 57.6 cm³/mol. The van der Waals surface area contributed by atoms with Crippen LogP contribution in [-0.4, -0.2) is 18.0 Å². The van der Waals surface area contributed by atoms with Crippen LogP contribution in [0.5, 0.6) is 0 Å². The van der Waals surface area contributed by atoms with Gasteiger partial charge >= 0.3 is 0 Å². The standard InChI is InChI=1S/C12H9FN4/c13-12-2-1-10(8-16)11(7-12)9-17(5-3-14)6-4-15/h1-2,7H,5-6,9H2. The van der Waals surface area contributed by atoms with Gasteiger partial charge in [0.05, 0.1) is 36.9 Å². The molecule has 0 atom stereocenters. The lowest BCUT2D eigenvalue weighted by Gasteiger charge is -2.15. The normalized spacial score (nSPS) is 9.35. The lowest BCUT2D eigenvalue weighted by Crippen LogP contribution is -2.24. The second-order valence-corrected chi connectivity index (χ2v) is 3.37. The maximum Gasteiger partial charge on any atom is 0.123 e. The fraction of sp³-hybridized carbons (Fsp3) is 0.250. The molecule has 0 fully saturated rings. The molecule has 4 nitrogen and oxygen atoms in total. The zero-order valence-electron chi connectivity index (χ0n) is 9.02. The van der Waals surface area contributed by atoms with Crippen molar-refractivity contribution in [2.45, 2.75) is 6.54 Å². The molecule has 5 heteroatoms. The predicted octanol–water partition coefficient (Wildman–Crippen LogP) is 1.55. The smallest absolute Gasteiger partial charge is 0.123 e. The SMILES string of the molecule is N#CCN(CC#N)Cc1cc(F)ccc1C#N. The van der Waals surface area contributed by atoms with E-state index in [-0.39, 0.29) is 19.6 Å². The molecular formula is C12H9FN4. The Bertz CT molecular complexity index is 503. The second kappa shape index (κ2) is 6.23. The molecule has 1 aromatic carbocycles. The summed E-state index contributed by atoms with van der Waals surface area (Å²) in [5.74, 6) is -0.437. The van der Waals surface area contributed by atoms with Gasteiger partial charge < -0.3 is 0 Å². The Labute approximate surface area is 98.7 Å². The summed E-state index contributed by atoms with van der Waals surface area (Å²) in [6.45, 7) is 0.339. The van der Waals surface area contributed by atoms with Crippen molar-refractivity contribution in [1.82, 2.24) is 4.90 Å². The summed E-state index contributed by atoms with van der Waals surface area (Å²) < 4.78 is 13.0. The van der Waals surface area contributed by atoms with E-state index in [1.54, 1.807) is 0 Å². The number of benzene rings is 1. The minimum atomic E-state index is -0.437. The number of hydrogen-bond donors (Lipinski definition) is 0. The first-order valence-corrected chi connectivity index (χ1v) is 4.86. The summed E-state index contributed by atoms with van der Waals surface area (Å²) in [5, 5.41) is 26.0. The second-order valence-electron chi connectivity index (χ2n) is 3.37. The Balaban J connectivity index is 2.93. The summed E-state index contributed by atoms with van der Waals surface area (Å²) in [5.41, 5.74) is 0.838. The van der Waals surface area contributed by atoms with Crippen LogP contribution in [0.4, 0.5) is 4.39 Å². The van der Waals surface area contributed by atoms with Gasteiger partial charge in [0.15, 0.2) is 0 Å². The quantitative estimate of drug-likeness (QED) is 0.732. The molecule has 0 heterocycles. The molecule has 0 N–H and O–H groups in total. The molecule has 0 aliphatic rings. The van der Waals surface area contributed by atoms with Gasteiger partial charge in [-0.3, -0.25) is 4.90 Å². The van der Waals surface area contributed by atoms with E-state index in [2.05, 4.69) is 0 Å². The summed E-state index contributed by atoms with van der Waals surface area (Å²) in [6.07, 6.45) is 0. The van der Waals surface area contributed by atoms with Gasteiger partial charge in [-0.25, -0.2) is 4.39 Å². The molecule has 0 spiro atoms. The zero-order valence-corrected chi connectivity index (χ0v) is 9.02. The molecule has 17 heavy (non-hydrogen) atoms. The van der Waals surface area contributed by atoms with Gasteiger partial charge in [0.2, 0.25) is 0 Å². The highest BCUT2D eigenvalue weighted by molar-refractivity contribution is 5.37. The number of rotatable bonds is 4. The molecule has 84 valence electrons. The van der Waals surface area contributed by atoms with Crippen molar-refractivity contribution in [1.29, 1.82) is 15.8 Å². The molecule has 0 aliphatic heterocycles. The maximum atomic E-state index is 13.0. The molecule has 0 saturated carbocycles. The molecule has 0 aliphatic carbocycles. The Kier molecular flexibility index (Phi) is 4.63. The van der Waals surface area contributed by atoms with Gasteiger partial charge in [-0.05, 0) is 23.8 Å². The van der Waals surface area contributed by atoms with E-state index in [9.17, 15) is 4.39 Å². The van der Waals surface area contributed by atoms with E-state index >= 15 is 0 Å². The zero-order chi connectivity index (χ0) is 12.7. The first-order chi connectivity index (χ1) is 8.21. The van der Waals surface area contributed by atoms with Gasteiger partial charge in [0, 0.05) is 6.54 Å². The fourth-order valence-electron chi connectivity index (χ4n) is 1.41. The first-order valence-electron chi connectivity index (χ1n) is 4.86. The minimum Gasteiger partial charge on any atom is -0.273 e. The van der Waals surface area contributed by atoms with E-state index in [0.717, 1.165) is 0 Å². The molecule has 0 bridgehead atoms. The highest BCUT2D eigenvalue weighted by Crippen LogP contribution is 2.12. The highest BCUT2D eigenvalue weighted by atomic mass is 19.1. The molecule has 0 radical (unpaired) electrons. The van der Waals surface area contributed by atoms with Crippen LogP contribution in [0.3, 0.4) is 0 Å². The van der Waals surface area contributed by atoms with E-state index in [1.807, 2.05) is 18.2 Å². The Morgan fingerprint density at radius 1 is 1.12 bits per heavy atom. The fourth-order valence-corrected chi connectivity index (χ4v) is 1.41. The van der Waals surface area contributed by atoms with Gasteiger partial charge in [0.1, 0.15) is 5.82 Å². The van der Waals surface area contributed by atoms with Crippen LogP contribution >= 0.6 is 0 Å². The van der Waals surface area contributed by atoms with E-state index in [4.69, 9.17) is 15.8 Å². The Morgan fingerprint density at radius 2 is 1.76 bits per heavy atom. The van der Waals surface area contributed by atoms with Gasteiger partial charge in [-0.15, -0.1) is 0 Å². The average Bonchev–Trinajstić information content (AvgIpc) is 2.30. The van der Waals surface area contributed by atoms with Crippen LogP contribution in [0.25, 0.3) is 0 Å². The molecule has 0 unspecified atom stereocenters. The third kappa shape index (κ3) is 3.57. The van der Waals surface area contributed by atoms with Gasteiger partial charge in [0.25, 0.3) is 0 Å². The largest absolute Gasteiger partial charge is 0.273 e. The average molecular weight is 228 g/mol. The van der Waals surface area contributed by atoms with Crippen LogP contribution in [0.15, 0.2) is 18.2 Å². The lowest BCUT2D eigenvalue weighted by molar-refractivity contribution is 0.334. The third-order valence-electron chi connectivity index (χ3n) is 2.17. The molecule has 0 aromatic heterocycles. The summed E-state index contributed by atoms with van der Waals surface area (Å²) >= 11 is 0. The summed E-state index contributed by atoms with van der Waals surface area (Å²) in [7, 11) is 0. The van der Waals surface area contributed by atoms with Crippen molar-refractivity contribution in [3.8, 4) is 18.2 Å². The van der Waals surface area contributed by atoms with Crippen LogP contribution in [-0.2, 0) is 6.54 Å². The maximum absolute atomic E-state index is 13.0.